The van der Waals surface area contributed by atoms with Crippen molar-refractivity contribution in [3.63, 3.8) is 0 Å². The van der Waals surface area contributed by atoms with Crippen molar-refractivity contribution >= 4 is 0 Å². The van der Waals surface area contributed by atoms with E-state index in [4.69, 9.17) is 9.15 Å². The Morgan fingerprint density at radius 3 is 1.77 bits per heavy atom. The van der Waals surface area contributed by atoms with Crippen LogP contribution in [0.5, 0.6) is 11.7 Å². The summed E-state index contributed by atoms with van der Waals surface area (Å²) in [6.45, 7) is 0. The van der Waals surface area contributed by atoms with E-state index in [9.17, 15) is 4.79 Å². The van der Waals surface area contributed by atoms with Gasteiger partial charge in [0.1, 0.15) is 5.75 Å². The molecule has 0 aliphatic heterocycles. The maximum Gasteiger partial charge on any atom is 0.422 e. The average Bonchev–Trinajstić information content (AvgIpc) is 3.04. The van der Waals surface area contributed by atoms with Crippen LogP contribution in [-0.4, -0.2) is 4.57 Å². The molecule has 0 unspecified atom stereocenters. The maximum atomic E-state index is 12.5. The summed E-state index contributed by atoms with van der Waals surface area (Å²) in [5, 5.41) is 0. The molecular formula is C22H17NO3. The summed E-state index contributed by atoms with van der Waals surface area (Å²) in [5.41, 5.74) is 1.99. The van der Waals surface area contributed by atoms with Gasteiger partial charge in [-0.05, 0) is 23.3 Å². The topological polar surface area (TPSA) is 44.4 Å². The Morgan fingerprint density at radius 2 is 1.23 bits per heavy atom. The van der Waals surface area contributed by atoms with E-state index in [-0.39, 0.29) is 12.0 Å². The van der Waals surface area contributed by atoms with Crippen LogP contribution in [0, 0.1) is 0 Å². The van der Waals surface area contributed by atoms with Gasteiger partial charge in [-0.25, -0.2) is 4.79 Å². The Hall–Kier alpha value is -3.53. The van der Waals surface area contributed by atoms with Gasteiger partial charge >= 0.3 is 11.7 Å². The summed E-state index contributed by atoms with van der Waals surface area (Å²) in [5.74, 6) is 0.316. The molecule has 3 aromatic carbocycles. The van der Waals surface area contributed by atoms with E-state index in [1.807, 2.05) is 91.0 Å². The molecule has 0 aliphatic rings. The van der Waals surface area contributed by atoms with Crippen LogP contribution in [0.4, 0.5) is 0 Å². The van der Waals surface area contributed by atoms with Gasteiger partial charge < -0.3 is 9.15 Å². The molecule has 1 heterocycles. The molecule has 128 valence electrons. The minimum absolute atomic E-state index is 0.165. The van der Waals surface area contributed by atoms with Gasteiger partial charge in [0, 0.05) is 0 Å². The van der Waals surface area contributed by atoms with Crippen LogP contribution in [-0.2, 0) is 0 Å². The average molecular weight is 343 g/mol. The van der Waals surface area contributed by atoms with Crippen molar-refractivity contribution in [3.05, 3.63) is 119 Å². The lowest BCUT2D eigenvalue weighted by atomic mass is 9.99. The molecule has 0 saturated carbocycles. The maximum absolute atomic E-state index is 12.5. The van der Waals surface area contributed by atoms with Gasteiger partial charge in [-0.15, -0.1) is 0 Å². The van der Waals surface area contributed by atoms with E-state index in [1.165, 1.54) is 0 Å². The van der Waals surface area contributed by atoms with Crippen molar-refractivity contribution in [2.45, 2.75) is 6.04 Å². The first-order chi connectivity index (χ1) is 12.8. The minimum Gasteiger partial charge on any atom is -0.425 e. The lowest BCUT2D eigenvalue weighted by molar-refractivity contribution is 0.329. The fraction of sp³-hybridized carbons (Fsp3) is 0.0455. The summed E-state index contributed by atoms with van der Waals surface area (Å²) in [6, 6.07) is 28.7. The number of hydrogen-bond donors (Lipinski definition) is 0. The van der Waals surface area contributed by atoms with Crippen LogP contribution in [0.2, 0.25) is 0 Å². The molecule has 4 nitrogen and oxygen atoms in total. The number of benzene rings is 3. The Morgan fingerprint density at radius 1 is 0.731 bits per heavy atom. The molecule has 26 heavy (non-hydrogen) atoms. The molecule has 4 aromatic rings. The zero-order chi connectivity index (χ0) is 17.8. The first kappa shape index (κ1) is 16.0. The van der Waals surface area contributed by atoms with E-state index in [2.05, 4.69) is 0 Å². The second-order valence-corrected chi connectivity index (χ2v) is 5.86. The van der Waals surface area contributed by atoms with E-state index in [0.29, 0.717) is 5.75 Å². The Balaban J connectivity index is 1.76. The van der Waals surface area contributed by atoms with Gasteiger partial charge in [0.15, 0.2) is 0 Å². The highest BCUT2D eigenvalue weighted by molar-refractivity contribution is 5.33. The third-order valence-electron chi connectivity index (χ3n) is 4.11. The summed E-state index contributed by atoms with van der Waals surface area (Å²) in [4.78, 5) is 12.5. The molecule has 0 N–H and O–H groups in total. The number of oxazole rings is 1. The predicted octanol–water partition coefficient (Wildman–Crippen LogP) is 4.87. The van der Waals surface area contributed by atoms with Gasteiger partial charge in [0.25, 0.3) is 0 Å². The van der Waals surface area contributed by atoms with E-state index in [1.54, 1.807) is 10.8 Å². The number of hydrogen-bond acceptors (Lipinski definition) is 3. The van der Waals surface area contributed by atoms with E-state index in [0.717, 1.165) is 11.1 Å². The quantitative estimate of drug-likeness (QED) is 0.519. The van der Waals surface area contributed by atoms with Crippen LogP contribution in [0.3, 0.4) is 0 Å². The molecule has 0 aliphatic carbocycles. The summed E-state index contributed by atoms with van der Waals surface area (Å²) >= 11 is 0. The summed E-state index contributed by atoms with van der Waals surface area (Å²) in [6.07, 6.45) is 1.61. The number of nitrogens with zero attached hydrogens (tertiary/aromatic N) is 1. The lowest BCUT2D eigenvalue weighted by Crippen LogP contribution is -2.21. The largest absolute Gasteiger partial charge is 0.425 e. The third kappa shape index (κ3) is 3.30. The molecule has 0 atom stereocenters. The van der Waals surface area contributed by atoms with Gasteiger partial charge in [-0.1, -0.05) is 78.9 Å². The Labute approximate surface area is 150 Å². The van der Waals surface area contributed by atoms with E-state index >= 15 is 0 Å². The zero-order valence-corrected chi connectivity index (χ0v) is 14.0. The Kier molecular flexibility index (Phi) is 4.39. The third-order valence-corrected chi connectivity index (χ3v) is 4.11. The fourth-order valence-corrected chi connectivity index (χ4v) is 2.95. The van der Waals surface area contributed by atoms with E-state index < -0.39 is 5.76 Å². The van der Waals surface area contributed by atoms with Crippen LogP contribution in [0.1, 0.15) is 17.2 Å². The van der Waals surface area contributed by atoms with Crippen LogP contribution < -0.4 is 10.5 Å². The number of aromatic nitrogens is 1. The summed E-state index contributed by atoms with van der Waals surface area (Å²) < 4.78 is 12.6. The highest BCUT2D eigenvalue weighted by Crippen LogP contribution is 2.28. The number of ether oxygens (including phenoxy) is 1. The molecule has 0 fully saturated rings. The van der Waals surface area contributed by atoms with Crippen molar-refractivity contribution in [1.29, 1.82) is 0 Å². The number of rotatable bonds is 5. The van der Waals surface area contributed by atoms with Crippen molar-refractivity contribution in [2.24, 2.45) is 0 Å². The second kappa shape index (κ2) is 7.15. The zero-order valence-electron chi connectivity index (χ0n) is 14.0. The molecule has 4 heteroatoms. The van der Waals surface area contributed by atoms with Crippen molar-refractivity contribution in [3.8, 4) is 11.7 Å². The Bertz CT molecular complexity index is 982. The molecule has 0 radical (unpaired) electrons. The van der Waals surface area contributed by atoms with Crippen LogP contribution in [0.25, 0.3) is 0 Å². The van der Waals surface area contributed by atoms with Gasteiger partial charge in [-0.3, -0.25) is 4.57 Å². The van der Waals surface area contributed by atoms with Crippen LogP contribution in [0.15, 0.2) is 106 Å². The van der Waals surface area contributed by atoms with Crippen molar-refractivity contribution in [2.75, 3.05) is 0 Å². The molecule has 0 amide bonds. The summed E-state index contributed by atoms with van der Waals surface area (Å²) in [7, 11) is 0. The van der Waals surface area contributed by atoms with Gasteiger partial charge in [0.2, 0.25) is 0 Å². The first-order valence-corrected chi connectivity index (χ1v) is 8.36. The normalized spacial score (nSPS) is 10.8. The van der Waals surface area contributed by atoms with Crippen LogP contribution >= 0.6 is 0 Å². The predicted molar refractivity (Wildman–Crippen MR) is 99.6 cm³/mol. The molecule has 4 rings (SSSR count). The molecule has 0 saturated heterocycles. The molecular weight excluding hydrogens is 326 g/mol. The lowest BCUT2D eigenvalue weighted by Gasteiger charge is -2.18. The molecule has 1 aromatic heterocycles. The fourth-order valence-electron chi connectivity index (χ4n) is 2.95. The highest BCUT2D eigenvalue weighted by atomic mass is 16.6. The number of para-hydroxylation sites is 1. The molecule has 0 bridgehead atoms. The SMILES string of the molecule is O=c1oc(Oc2ccccc2)cn1C(c1ccccc1)c1ccccc1. The van der Waals surface area contributed by atoms with Crippen molar-refractivity contribution < 1.29 is 9.15 Å². The standard InChI is InChI=1S/C22H17NO3/c24-22-23(16-20(26-22)25-19-14-8-3-9-15-19)21(17-10-4-1-5-11-17)18-12-6-2-7-13-18/h1-16,21H. The first-order valence-electron chi connectivity index (χ1n) is 8.36. The van der Waals surface area contributed by atoms with Crippen molar-refractivity contribution in [1.82, 2.24) is 4.57 Å². The highest BCUT2D eigenvalue weighted by Gasteiger charge is 2.21. The molecule has 0 spiro atoms. The second-order valence-electron chi connectivity index (χ2n) is 5.86. The smallest absolute Gasteiger partial charge is 0.422 e. The monoisotopic (exact) mass is 343 g/mol. The minimum atomic E-state index is -0.464. The van der Waals surface area contributed by atoms with Gasteiger partial charge in [0.05, 0.1) is 12.2 Å². The van der Waals surface area contributed by atoms with Gasteiger partial charge in [-0.2, -0.15) is 0 Å².